The molecule has 0 saturated carbocycles. The van der Waals surface area contributed by atoms with Gasteiger partial charge < -0.3 is 19.3 Å². The highest BCUT2D eigenvalue weighted by molar-refractivity contribution is 6.30. The van der Waals surface area contributed by atoms with Gasteiger partial charge in [-0.3, -0.25) is 9.78 Å². The topological polar surface area (TPSA) is 54.9 Å². The minimum atomic E-state index is -0.108. The van der Waals surface area contributed by atoms with Gasteiger partial charge in [-0.15, -0.1) is 0 Å². The van der Waals surface area contributed by atoms with Crippen molar-refractivity contribution in [3.63, 3.8) is 0 Å². The number of aromatic nitrogens is 1. The molecule has 2 aromatic carbocycles. The molecule has 6 nitrogen and oxygen atoms in total. The van der Waals surface area contributed by atoms with Gasteiger partial charge >= 0.3 is 0 Å². The van der Waals surface area contributed by atoms with E-state index in [4.69, 9.17) is 21.1 Å². The summed E-state index contributed by atoms with van der Waals surface area (Å²) in [5, 5.41) is 0.674. The van der Waals surface area contributed by atoms with Gasteiger partial charge in [-0.05, 0) is 74.0 Å². The molecule has 0 bridgehead atoms. The lowest BCUT2D eigenvalue weighted by atomic mass is 9.99. The van der Waals surface area contributed by atoms with Crippen molar-refractivity contribution in [3.05, 3.63) is 77.1 Å². The third kappa shape index (κ3) is 5.60. The van der Waals surface area contributed by atoms with Crippen LogP contribution in [0, 0.1) is 5.92 Å². The van der Waals surface area contributed by atoms with Crippen molar-refractivity contribution in [3.8, 4) is 22.6 Å². The number of carbonyl (C=O) groups excluding carboxylic acids is 1. The third-order valence-electron chi connectivity index (χ3n) is 6.63. The first kappa shape index (κ1) is 23.6. The van der Waals surface area contributed by atoms with Crippen molar-refractivity contribution in [2.45, 2.75) is 19.4 Å². The van der Waals surface area contributed by atoms with Gasteiger partial charge in [0.2, 0.25) is 0 Å². The predicted molar refractivity (Wildman–Crippen MR) is 137 cm³/mol. The fourth-order valence-corrected chi connectivity index (χ4v) is 5.06. The number of nitrogens with zero attached hydrogens (tertiary/aromatic N) is 3. The number of piperidine rings is 1. The Hall–Kier alpha value is -3.09. The molecule has 1 amide bonds. The van der Waals surface area contributed by atoms with Crippen molar-refractivity contribution >= 4 is 17.5 Å². The van der Waals surface area contributed by atoms with Gasteiger partial charge in [0, 0.05) is 35.8 Å². The van der Waals surface area contributed by atoms with E-state index < -0.39 is 0 Å². The van der Waals surface area contributed by atoms with Crippen molar-refractivity contribution in [1.29, 1.82) is 0 Å². The summed E-state index contributed by atoms with van der Waals surface area (Å²) in [7, 11) is 2.16. The van der Waals surface area contributed by atoms with Crippen LogP contribution in [-0.2, 0) is 6.54 Å². The number of hydrogen-bond acceptors (Lipinski definition) is 5. The summed E-state index contributed by atoms with van der Waals surface area (Å²) >= 11 is 6.29. The van der Waals surface area contributed by atoms with Crippen LogP contribution in [0.4, 0.5) is 0 Å². The lowest BCUT2D eigenvalue weighted by molar-refractivity contribution is 0.0727. The quantitative estimate of drug-likeness (QED) is 0.493. The van der Waals surface area contributed by atoms with Gasteiger partial charge in [0.1, 0.15) is 12.3 Å². The normalized spacial score (nSPS) is 18.3. The molecule has 3 heterocycles. The Bertz CT molecular complexity index is 1190. The Morgan fingerprint density at radius 2 is 2.06 bits per heavy atom. The van der Waals surface area contributed by atoms with Gasteiger partial charge in [-0.25, -0.2) is 0 Å². The minimum absolute atomic E-state index is 0.108. The molecule has 0 N–H and O–H groups in total. The fraction of sp³-hybridized carbons (Fsp3) is 0.357. The zero-order valence-electron chi connectivity index (χ0n) is 20.0. The molecule has 0 radical (unpaired) electrons. The van der Waals surface area contributed by atoms with Gasteiger partial charge in [-0.1, -0.05) is 29.8 Å². The Labute approximate surface area is 211 Å². The zero-order chi connectivity index (χ0) is 24.2. The second-order valence-electron chi connectivity index (χ2n) is 9.34. The van der Waals surface area contributed by atoms with Crippen LogP contribution in [0.15, 0.2) is 60.8 Å². The second-order valence-corrected chi connectivity index (χ2v) is 9.78. The minimum Gasteiger partial charge on any atom is -0.489 e. The Balaban J connectivity index is 1.47. The Kier molecular flexibility index (Phi) is 7.21. The fourth-order valence-electron chi connectivity index (χ4n) is 4.87. The summed E-state index contributed by atoms with van der Waals surface area (Å²) in [6.07, 6.45) is 3.99. The number of halogens is 1. The van der Waals surface area contributed by atoms with Crippen molar-refractivity contribution in [2.24, 2.45) is 5.92 Å². The lowest BCUT2D eigenvalue weighted by Gasteiger charge is -2.29. The molecule has 3 aromatic rings. The molecule has 2 aliphatic rings. The van der Waals surface area contributed by atoms with Crippen LogP contribution in [0.25, 0.3) is 11.1 Å². The number of fused-ring (bicyclic) bond motifs is 1. The van der Waals surface area contributed by atoms with E-state index in [0.717, 1.165) is 47.7 Å². The summed E-state index contributed by atoms with van der Waals surface area (Å²) in [6, 6.07) is 17.3. The summed E-state index contributed by atoms with van der Waals surface area (Å²) in [4.78, 5) is 21.6. The molecule has 5 rings (SSSR count). The molecule has 1 saturated heterocycles. The average molecular weight is 492 g/mol. The highest BCUT2D eigenvalue weighted by Crippen LogP contribution is 2.39. The number of pyridine rings is 1. The molecular formula is C28H30ClN3O3. The monoisotopic (exact) mass is 491 g/mol. The summed E-state index contributed by atoms with van der Waals surface area (Å²) in [5.74, 6) is 1.81. The summed E-state index contributed by atoms with van der Waals surface area (Å²) in [6.45, 7) is 4.09. The van der Waals surface area contributed by atoms with Gasteiger partial charge in [0.25, 0.3) is 5.91 Å². The average Bonchev–Trinajstić information content (AvgIpc) is 3.10. The molecule has 0 aliphatic carbocycles. The van der Waals surface area contributed by atoms with E-state index in [9.17, 15) is 4.79 Å². The largest absolute Gasteiger partial charge is 0.489 e. The van der Waals surface area contributed by atoms with E-state index in [-0.39, 0.29) is 5.91 Å². The van der Waals surface area contributed by atoms with E-state index in [1.807, 2.05) is 42.5 Å². The molecule has 0 spiro atoms. The molecule has 1 atom stereocenters. The second kappa shape index (κ2) is 10.7. The van der Waals surface area contributed by atoms with Gasteiger partial charge in [-0.2, -0.15) is 0 Å². The van der Waals surface area contributed by atoms with E-state index in [0.29, 0.717) is 42.9 Å². The standard InChI is InChI=1S/C28H30ClN3O3/c1-31-11-5-6-20(17-31)19-35-26-16-22(21-7-4-8-24(29)15-21)14-23-18-32(12-13-34-27(23)26)28(33)25-9-2-3-10-30-25/h2-4,7-10,14-16,20H,5-6,11-13,17-19H2,1H3/t20-/m0/s1. The number of hydrogen-bond donors (Lipinski definition) is 0. The van der Waals surface area contributed by atoms with E-state index in [1.54, 1.807) is 17.2 Å². The highest BCUT2D eigenvalue weighted by Gasteiger charge is 2.26. The number of likely N-dealkylation sites (tertiary alicyclic amines) is 1. The maximum absolute atomic E-state index is 13.2. The third-order valence-corrected chi connectivity index (χ3v) is 6.86. The summed E-state index contributed by atoms with van der Waals surface area (Å²) < 4.78 is 12.6. The molecule has 1 fully saturated rings. The van der Waals surface area contributed by atoms with Crippen LogP contribution < -0.4 is 9.47 Å². The first-order valence-corrected chi connectivity index (χ1v) is 12.5. The smallest absolute Gasteiger partial charge is 0.272 e. The van der Waals surface area contributed by atoms with Crippen molar-refractivity contribution < 1.29 is 14.3 Å². The molecule has 1 aromatic heterocycles. The molecular weight excluding hydrogens is 462 g/mol. The number of ether oxygens (including phenoxy) is 2. The molecule has 2 aliphatic heterocycles. The maximum atomic E-state index is 13.2. The number of rotatable bonds is 5. The number of benzene rings is 2. The van der Waals surface area contributed by atoms with E-state index in [1.165, 1.54) is 6.42 Å². The molecule has 182 valence electrons. The van der Waals surface area contributed by atoms with Crippen LogP contribution in [0.5, 0.6) is 11.5 Å². The van der Waals surface area contributed by atoms with Crippen LogP contribution in [0.2, 0.25) is 5.02 Å². The van der Waals surface area contributed by atoms with Crippen LogP contribution in [-0.4, -0.2) is 60.6 Å². The van der Waals surface area contributed by atoms with Crippen molar-refractivity contribution in [1.82, 2.24) is 14.8 Å². The first-order chi connectivity index (χ1) is 17.1. The molecule has 0 unspecified atom stereocenters. The summed E-state index contributed by atoms with van der Waals surface area (Å²) in [5.41, 5.74) is 3.33. The van der Waals surface area contributed by atoms with E-state index in [2.05, 4.69) is 23.0 Å². The Morgan fingerprint density at radius 1 is 1.14 bits per heavy atom. The van der Waals surface area contributed by atoms with Crippen LogP contribution in [0.1, 0.15) is 28.9 Å². The highest BCUT2D eigenvalue weighted by atomic mass is 35.5. The number of amides is 1. The maximum Gasteiger partial charge on any atom is 0.272 e. The number of carbonyl (C=O) groups is 1. The zero-order valence-corrected chi connectivity index (χ0v) is 20.7. The molecule has 35 heavy (non-hydrogen) atoms. The molecule has 7 heteroatoms. The van der Waals surface area contributed by atoms with Crippen LogP contribution in [0.3, 0.4) is 0 Å². The van der Waals surface area contributed by atoms with Gasteiger partial charge in [0.05, 0.1) is 13.2 Å². The van der Waals surface area contributed by atoms with Crippen LogP contribution >= 0.6 is 11.6 Å². The van der Waals surface area contributed by atoms with E-state index >= 15 is 0 Å². The lowest BCUT2D eigenvalue weighted by Crippen LogP contribution is -2.34. The predicted octanol–water partition coefficient (Wildman–Crippen LogP) is 5.16. The van der Waals surface area contributed by atoms with Crippen molar-refractivity contribution in [2.75, 3.05) is 39.9 Å². The SMILES string of the molecule is CN1CCC[C@H](COc2cc(-c3cccc(Cl)c3)cc3c2OCCN(C(=O)c2ccccn2)C3)C1. The van der Waals surface area contributed by atoms with Gasteiger partial charge in [0.15, 0.2) is 11.5 Å². The first-order valence-electron chi connectivity index (χ1n) is 12.1. The Morgan fingerprint density at radius 3 is 2.86 bits per heavy atom.